The van der Waals surface area contributed by atoms with Crippen molar-refractivity contribution in [2.45, 2.75) is 52.4 Å². The highest BCUT2D eigenvalue weighted by Gasteiger charge is 2.02. The molecule has 0 saturated heterocycles. The minimum absolute atomic E-state index is 0.157. The second-order valence-corrected chi connectivity index (χ2v) is 3.94. The van der Waals surface area contributed by atoms with Gasteiger partial charge in [0.25, 0.3) is 0 Å². The summed E-state index contributed by atoms with van der Waals surface area (Å²) in [7, 11) is 0. The van der Waals surface area contributed by atoms with Gasteiger partial charge in [0, 0.05) is 0 Å². The van der Waals surface area contributed by atoms with Gasteiger partial charge in [0.2, 0.25) is 0 Å². The molecule has 0 bridgehead atoms. The van der Waals surface area contributed by atoms with Crippen LogP contribution < -0.4 is 0 Å². The number of halogens is 1. The highest BCUT2D eigenvalue weighted by Crippen LogP contribution is 2.02. The van der Waals surface area contributed by atoms with Crippen LogP contribution in [0.1, 0.15) is 52.4 Å². The van der Waals surface area contributed by atoms with E-state index >= 15 is 0 Å². The van der Waals surface area contributed by atoms with Gasteiger partial charge >= 0.3 is 0 Å². The van der Waals surface area contributed by atoms with Crippen LogP contribution >= 0.6 is 0 Å². The summed E-state index contributed by atoms with van der Waals surface area (Å²) in [6.07, 6.45) is 6.81. The predicted octanol–water partition coefficient (Wildman–Crippen LogP) is 3.64. The van der Waals surface area contributed by atoms with Gasteiger partial charge in [-0.25, -0.2) is 0 Å². The number of nitrogens with zero attached hydrogens (tertiary/aromatic N) is 1. The molecular formula is C12H26FN. The second kappa shape index (κ2) is 11.0. The van der Waals surface area contributed by atoms with Gasteiger partial charge in [0.15, 0.2) is 0 Å². The normalized spacial score (nSPS) is 11.1. The third-order valence-electron chi connectivity index (χ3n) is 2.51. The summed E-state index contributed by atoms with van der Waals surface area (Å²) in [4.78, 5) is 2.49. The Morgan fingerprint density at radius 3 is 1.71 bits per heavy atom. The molecule has 0 aromatic heterocycles. The molecule has 0 aromatic rings. The Kier molecular flexibility index (Phi) is 10.9. The van der Waals surface area contributed by atoms with Crippen LogP contribution in [0, 0.1) is 0 Å². The number of unbranched alkanes of at least 4 members (excludes halogenated alkanes) is 3. The van der Waals surface area contributed by atoms with Gasteiger partial charge in [0.05, 0.1) is 6.67 Å². The molecule has 0 heterocycles. The predicted molar refractivity (Wildman–Crippen MR) is 61.5 cm³/mol. The molecule has 0 aliphatic heterocycles. The Morgan fingerprint density at radius 1 is 0.786 bits per heavy atom. The van der Waals surface area contributed by atoms with Crippen LogP contribution in [0.5, 0.6) is 0 Å². The van der Waals surface area contributed by atoms with Gasteiger partial charge in [0.1, 0.15) is 0 Å². The molecule has 14 heavy (non-hydrogen) atoms. The maximum Gasteiger partial charge on any atom is 0.0894 e. The van der Waals surface area contributed by atoms with Gasteiger partial charge in [-0.05, 0) is 45.3 Å². The molecule has 0 atom stereocenters. The van der Waals surface area contributed by atoms with E-state index in [0.717, 1.165) is 19.4 Å². The van der Waals surface area contributed by atoms with E-state index < -0.39 is 0 Å². The lowest BCUT2D eigenvalue weighted by Crippen LogP contribution is -2.27. The second-order valence-electron chi connectivity index (χ2n) is 3.94. The van der Waals surface area contributed by atoms with Gasteiger partial charge in [-0.3, -0.25) is 4.39 Å². The van der Waals surface area contributed by atoms with Crippen molar-refractivity contribution < 1.29 is 4.39 Å². The van der Waals surface area contributed by atoms with Crippen molar-refractivity contribution in [2.75, 3.05) is 26.3 Å². The molecule has 0 radical (unpaired) electrons. The van der Waals surface area contributed by atoms with Crippen LogP contribution in [0.15, 0.2) is 0 Å². The first-order valence-electron chi connectivity index (χ1n) is 6.13. The maximum absolute atomic E-state index is 11.9. The molecule has 86 valence electrons. The molecular weight excluding hydrogens is 177 g/mol. The summed E-state index contributed by atoms with van der Waals surface area (Å²) in [5.41, 5.74) is 0. The van der Waals surface area contributed by atoms with Crippen molar-refractivity contribution in [3.8, 4) is 0 Å². The molecule has 0 saturated carbocycles. The highest BCUT2D eigenvalue weighted by molar-refractivity contribution is 4.57. The fraction of sp³-hybridized carbons (Fsp3) is 1.00. The van der Waals surface area contributed by atoms with Crippen molar-refractivity contribution in [1.82, 2.24) is 4.90 Å². The Hall–Kier alpha value is -0.110. The molecule has 0 rings (SSSR count). The van der Waals surface area contributed by atoms with E-state index in [2.05, 4.69) is 18.7 Å². The van der Waals surface area contributed by atoms with Gasteiger partial charge in [-0.2, -0.15) is 0 Å². The van der Waals surface area contributed by atoms with Crippen LogP contribution in [0.3, 0.4) is 0 Å². The van der Waals surface area contributed by atoms with Crippen LogP contribution in [-0.2, 0) is 0 Å². The zero-order valence-corrected chi connectivity index (χ0v) is 9.90. The topological polar surface area (TPSA) is 3.24 Å². The van der Waals surface area contributed by atoms with Crippen molar-refractivity contribution in [3.05, 3.63) is 0 Å². The fourth-order valence-electron chi connectivity index (χ4n) is 1.53. The molecule has 0 aliphatic rings. The van der Waals surface area contributed by atoms with Crippen LogP contribution in [-0.4, -0.2) is 31.2 Å². The van der Waals surface area contributed by atoms with Crippen LogP contribution in [0.25, 0.3) is 0 Å². The number of hydrogen-bond donors (Lipinski definition) is 0. The molecule has 0 fully saturated rings. The van der Waals surface area contributed by atoms with E-state index in [0.29, 0.717) is 0 Å². The summed E-state index contributed by atoms with van der Waals surface area (Å²) in [5.74, 6) is 0. The van der Waals surface area contributed by atoms with E-state index in [1.54, 1.807) is 0 Å². The summed E-state index contributed by atoms with van der Waals surface area (Å²) in [5, 5.41) is 0. The first-order valence-corrected chi connectivity index (χ1v) is 6.13. The van der Waals surface area contributed by atoms with Crippen molar-refractivity contribution in [1.29, 1.82) is 0 Å². The van der Waals surface area contributed by atoms with E-state index in [1.807, 2.05) is 0 Å². The molecule has 0 spiro atoms. The molecule has 0 N–H and O–H groups in total. The summed E-state index contributed by atoms with van der Waals surface area (Å²) >= 11 is 0. The van der Waals surface area contributed by atoms with Crippen LogP contribution in [0.2, 0.25) is 0 Å². The lowest BCUT2D eigenvalue weighted by atomic mass is 10.2. The molecule has 1 nitrogen and oxygen atoms in total. The Bertz CT molecular complexity index is 98.5. The molecule has 0 aliphatic carbocycles. The third-order valence-corrected chi connectivity index (χ3v) is 2.51. The summed E-state index contributed by atoms with van der Waals surface area (Å²) in [6.45, 7) is 7.77. The quantitative estimate of drug-likeness (QED) is 0.490. The minimum atomic E-state index is -0.157. The lowest BCUT2D eigenvalue weighted by molar-refractivity contribution is 0.256. The number of alkyl halides is 1. The van der Waals surface area contributed by atoms with Crippen molar-refractivity contribution >= 4 is 0 Å². The fourth-order valence-corrected chi connectivity index (χ4v) is 1.53. The van der Waals surface area contributed by atoms with Gasteiger partial charge in [-0.15, -0.1) is 0 Å². The molecule has 0 aromatic carbocycles. The first-order chi connectivity index (χ1) is 6.85. The Labute approximate surface area is 88.7 Å². The van der Waals surface area contributed by atoms with E-state index in [1.165, 1.54) is 38.8 Å². The zero-order chi connectivity index (χ0) is 10.6. The minimum Gasteiger partial charge on any atom is -0.303 e. The van der Waals surface area contributed by atoms with Gasteiger partial charge in [-0.1, -0.05) is 26.7 Å². The maximum atomic E-state index is 11.9. The van der Waals surface area contributed by atoms with E-state index in [4.69, 9.17) is 0 Å². The smallest absolute Gasteiger partial charge is 0.0894 e. The largest absolute Gasteiger partial charge is 0.303 e. The Balaban J connectivity index is 3.49. The third kappa shape index (κ3) is 8.49. The van der Waals surface area contributed by atoms with Crippen LogP contribution in [0.4, 0.5) is 4.39 Å². The van der Waals surface area contributed by atoms with Crippen molar-refractivity contribution in [3.63, 3.8) is 0 Å². The molecule has 2 heteroatoms. The summed E-state index contributed by atoms with van der Waals surface area (Å²) in [6, 6.07) is 0. The average molecular weight is 203 g/mol. The Morgan fingerprint density at radius 2 is 1.29 bits per heavy atom. The van der Waals surface area contributed by atoms with E-state index in [9.17, 15) is 4.39 Å². The average Bonchev–Trinajstić information content (AvgIpc) is 2.21. The highest BCUT2D eigenvalue weighted by atomic mass is 19.1. The summed E-state index contributed by atoms with van der Waals surface area (Å²) < 4.78 is 11.9. The molecule has 0 unspecified atom stereocenters. The standard InChI is InChI=1S/C12H26FN/c1-3-5-10-14(11-6-4-2)12-8-7-9-13/h3-12H2,1-2H3. The monoisotopic (exact) mass is 203 g/mol. The van der Waals surface area contributed by atoms with Gasteiger partial charge < -0.3 is 4.90 Å². The lowest BCUT2D eigenvalue weighted by Gasteiger charge is -2.21. The zero-order valence-electron chi connectivity index (χ0n) is 9.90. The van der Waals surface area contributed by atoms with E-state index in [-0.39, 0.29) is 6.67 Å². The number of rotatable bonds is 10. The number of hydrogen-bond acceptors (Lipinski definition) is 1. The SMILES string of the molecule is CCCCN(CCCC)CCCCF. The van der Waals surface area contributed by atoms with Crippen molar-refractivity contribution in [2.24, 2.45) is 0 Å². The first kappa shape index (κ1) is 13.9. The molecule has 0 amide bonds.